The lowest BCUT2D eigenvalue weighted by atomic mass is 9.96. The highest BCUT2D eigenvalue weighted by Crippen LogP contribution is 2.46. The molecule has 0 unspecified atom stereocenters. The molecule has 0 saturated carbocycles. The molecule has 0 aliphatic heterocycles. The third-order valence-electron chi connectivity index (χ3n) is 14.8. The zero-order valence-electron chi connectivity index (χ0n) is 43.1. The average molecular weight is 1140 g/mol. The molecule has 5 nitrogen and oxygen atoms in total. The predicted molar refractivity (Wildman–Crippen MR) is 301 cm³/mol. The number of hydrogen-bond acceptors (Lipinski definition) is 3. The van der Waals surface area contributed by atoms with Gasteiger partial charge < -0.3 is 9.13 Å². The smallest absolute Gasteiger partial charge is 0.309 e. The molecule has 3 heterocycles. The molecule has 0 aliphatic carbocycles. The Morgan fingerprint density at radius 1 is 0.262 bits per heavy atom. The number of nitrogens with zero attached hydrogens (tertiary/aromatic N) is 5. The number of halogens is 12. The molecule has 13 aromatic rings. The summed E-state index contributed by atoms with van der Waals surface area (Å²) in [4.78, 5) is 15.1. The maximum absolute atomic E-state index is 14.5. The van der Waals surface area contributed by atoms with Crippen molar-refractivity contribution >= 4 is 43.6 Å². The Hall–Kier alpha value is -10.0. The highest BCUT2D eigenvalue weighted by molar-refractivity contribution is 6.16. The van der Waals surface area contributed by atoms with Gasteiger partial charge in [-0.25, -0.2) is 15.0 Å². The molecule has 0 fully saturated rings. The molecule has 3 aromatic heterocycles. The van der Waals surface area contributed by atoms with E-state index in [1.54, 1.807) is 59.2 Å². The molecule has 0 radical (unpaired) electrons. The molecule has 0 N–H and O–H groups in total. The minimum Gasteiger partial charge on any atom is -0.309 e. The molecule has 13 rings (SSSR count). The largest absolute Gasteiger partial charge is 0.416 e. The van der Waals surface area contributed by atoms with E-state index in [9.17, 15) is 52.7 Å². The molecule has 0 aliphatic rings. The van der Waals surface area contributed by atoms with Crippen LogP contribution in [-0.2, 0) is 24.7 Å². The van der Waals surface area contributed by atoms with Gasteiger partial charge in [-0.2, -0.15) is 52.7 Å². The normalized spacial score (nSPS) is 12.5. The van der Waals surface area contributed by atoms with Gasteiger partial charge in [-0.1, -0.05) is 140 Å². The molecule has 84 heavy (non-hydrogen) atoms. The van der Waals surface area contributed by atoms with E-state index >= 15 is 0 Å². The highest BCUT2D eigenvalue weighted by Gasteiger charge is 2.39. The summed E-state index contributed by atoms with van der Waals surface area (Å²) in [6, 6.07) is 57.9. The van der Waals surface area contributed by atoms with Crippen LogP contribution in [0.5, 0.6) is 0 Å². The number of hydrogen-bond donors (Lipinski definition) is 0. The maximum Gasteiger partial charge on any atom is 0.416 e. The second-order valence-corrected chi connectivity index (χ2v) is 20.0. The fourth-order valence-corrected chi connectivity index (χ4v) is 11.0. The zero-order chi connectivity index (χ0) is 58.5. The Balaban J connectivity index is 1.15. The number of aromatic nitrogens is 5. The van der Waals surface area contributed by atoms with E-state index in [0.29, 0.717) is 57.3 Å². The van der Waals surface area contributed by atoms with Crippen LogP contribution in [0.3, 0.4) is 0 Å². The van der Waals surface area contributed by atoms with Crippen LogP contribution in [-0.4, -0.2) is 24.1 Å². The van der Waals surface area contributed by atoms with Crippen molar-refractivity contribution in [1.29, 1.82) is 0 Å². The second-order valence-electron chi connectivity index (χ2n) is 20.0. The van der Waals surface area contributed by atoms with Crippen LogP contribution in [0.4, 0.5) is 52.7 Å². The van der Waals surface area contributed by atoms with Crippen LogP contribution in [0, 0.1) is 0 Å². The number of para-hydroxylation sites is 2. The fourth-order valence-electron chi connectivity index (χ4n) is 11.0. The van der Waals surface area contributed by atoms with Gasteiger partial charge in [-0.15, -0.1) is 0 Å². The Bertz CT molecular complexity index is 4460. The second kappa shape index (κ2) is 19.9. The van der Waals surface area contributed by atoms with Crippen molar-refractivity contribution in [2.24, 2.45) is 0 Å². The number of rotatable bonds is 8. The van der Waals surface area contributed by atoms with Crippen molar-refractivity contribution in [3.05, 3.63) is 247 Å². The Morgan fingerprint density at radius 2 is 0.690 bits per heavy atom. The number of alkyl halides is 12. The molecule has 0 bridgehead atoms. The van der Waals surface area contributed by atoms with Gasteiger partial charge in [0.15, 0.2) is 17.5 Å². The molecular formula is C67H37F12N5. The molecule has 0 saturated heterocycles. The van der Waals surface area contributed by atoms with E-state index in [2.05, 4.69) is 4.57 Å². The summed E-state index contributed by atoms with van der Waals surface area (Å²) in [5, 5.41) is 2.50. The van der Waals surface area contributed by atoms with E-state index < -0.39 is 58.1 Å². The molecule has 10 aromatic carbocycles. The Kier molecular flexibility index (Phi) is 12.6. The zero-order valence-corrected chi connectivity index (χ0v) is 43.1. The monoisotopic (exact) mass is 1140 g/mol. The van der Waals surface area contributed by atoms with Crippen molar-refractivity contribution in [1.82, 2.24) is 24.1 Å². The first-order valence-electron chi connectivity index (χ1n) is 25.9. The van der Waals surface area contributed by atoms with Crippen LogP contribution in [0.25, 0.3) is 123 Å². The summed E-state index contributed by atoms with van der Waals surface area (Å²) < 4.78 is 177. The molecule has 17 heteroatoms. The Morgan fingerprint density at radius 3 is 1.18 bits per heavy atom. The van der Waals surface area contributed by atoms with Crippen LogP contribution in [0.15, 0.2) is 224 Å². The van der Waals surface area contributed by atoms with Gasteiger partial charge in [0.05, 0.1) is 50.0 Å². The van der Waals surface area contributed by atoms with Crippen LogP contribution in [0.1, 0.15) is 22.3 Å². The summed E-state index contributed by atoms with van der Waals surface area (Å²) in [5.41, 5.74) is -1.18. The molecular weight excluding hydrogens is 1100 g/mol. The van der Waals surface area contributed by atoms with Crippen molar-refractivity contribution in [2.75, 3.05) is 0 Å². The third-order valence-corrected chi connectivity index (χ3v) is 14.8. The summed E-state index contributed by atoms with van der Waals surface area (Å²) in [6.07, 6.45) is -20.8. The van der Waals surface area contributed by atoms with Gasteiger partial charge >= 0.3 is 24.7 Å². The van der Waals surface area contributed by atoms with Gasteiger partial charge in [-0.05, 0) is 118 Å². The van der Waals surface area contributed by atoms with E-state index in [1.807, 2.05) is 97.1 Å². The first-order chi connectivity index (χ1) is 40.2. The quantitative estimate of drug-likeness (QED) is 0.142. The maximum atomic E-state index is 14.5. The highest BCUT2D eigenvalue weighted by atomic mass is 19.4. The first kappa shape index (κ1) is 53.3. The van der Waals surface area contributed by atoms with Crippen molar-refractivity contribution in [2.45, 2.75) is 24.7 Å². The molecule has 0 atom stereocenters. The van der Waals surface area contributed by atoms with Crippen LogP contribution >= 0.6 is 0 Å². The van der Waals surface area contributed by atoms with E-state index in [-0.39, 0.29) is 57.5 Å². The van der Waals surface area contributed by atoms with E-state index in [1.165, 1.54) is 36.4 Å². The third kappa shape index (κ3) is 9.63. The SMILES string of the molecule is FC(F)(F)c1cc(-c2ccc3c4ccc(-c5cc(C(F)(F)F)cc(C(F)(F)F)c5)cc4n(-c4ccc(-c5cccc6c5c5ccccc5n6-c5ccccc5)cc4-c4nc(-c5ccccc5)nc(-c5ccccc5)n4)c3c2)cc(C(F)(F)F)c1. The number of fused-ring (bicyclic) bond motifs is 6. The Labute approximate surface area is 469 Å². The summed E-state index contributed by atoms with van der Waals surface area (Å²) in [6.45, 7) is 0. The predicted octanol–water partition coefficient (Wildman–Crippen LogP) is 20.1. The minimum atomic E-state index is -5.19. The standard InChI is InChI=1S/C67H37F12N5/c68-64(69,70)45-29-43(30-46(36-45)65(71,72)73)40-23-26-51-52-27-24-41(44-31-47(66(74,75)76)37-48(32-44)67(77,78)79)35-59(52)84(58(51)34-40)56-28-25-42(50-20-12-22-57-60(50)53-19-10-11-21-55(53)83(57)49-17-8-3-9-18-49)33-54(56)63-81-61(38-13-4-1-5-14-38)80-62(82-63)39-15-6-2-7-16-39/h1-37H. The van der Waals surface area contributed by atoms with Crippen molar-refractivity contribution in [3.8, 4) is 78.9 Å². The molecule has 0 spiro atoms. The summed E-state index contributed by atoms with van der Waals surface area (Å²) in [7, 11) is 0. The van der Waals surface area contributed by atoms with Crippen LogP contribution in [0.2, 0.25) is 0 Å². The number of benzene rings is 10. The average Bonchev–Trinajstić information content (AvgIpc) is 1.83. The summed E-state index contributed by atoms with van der Waals surface area (Å²) >= 11 is 0. The van der Waals surface area contributed by atoms with Gasteiger partial charge in [0.2, 0.25) is 0 Å². The summed E-state index contributed by atoms with van der Waals surface area (Å²) in [5.74, 6) is 0.567. The van der Waals surface area contributed by atoms with E-state index in [0.717, 1.165) is 33.1 Å². The van der Waals surface area contributed by atoms with E-state index in [4.69, 9.17) is 15.0 Å². The van der Waals surface area contributed by atoms with Crippen LogP contribution < -0.4 is 0 Å². The van der Waals surface area contributed by atoms with Gasteiger partial charge in [0.1, 0.15) is 0 Å². The van der Waals surface area contributed by atoms with Crippen molar-refractivity contribution in [3.63, 3.8) is 0 Å². The molecule has 414 valence electrons. The topological polar surface area (TPSA) is 48.5 Å². The van der Waals surface area contributed by atoms with Gasteiger partial charge in [0.25, 0.3) is 0 Å². The van der Waals surface area contributed by atoms with Crippen molar-refractivity contribution < 1.29 is 52.7 Å². The first-order valence-corrected chi connectivity index (χ1v) is 25.9. The van der Waals surface area contributed by atoms with Gasteiger partial charge in [-0.3, -0.25) is 0 Å². The lowest BCUT2D eigenvalue weighted by Crippen LogP contribution is -2.11. The lowest BCUT2D eigenvalue weighted by Gasteiger charge is -2.18. The minimum absolute atomic E-state index is 0.0222. The van der Waals surface area contributed by atoms with Gasteiger partial charge in [0, 0.05) is 43.9 Å². The fraction of sp³-hybridized carbons (Fsp3) is 0.0597. The molecule has 0 amide bonds. The lowest BCUT2D eigenvalue weighted by molar-refractivity contribution is -0.144.